The van der Waals surface area contributed by atoms with Gasteiger partial charge in [-0.05, 0) is 29.8 Å². The number of hydrogen-bond donors (Lipinski definition) is 1. The Morgan fingerprint density at radius 1 is 0.971 bits per heavy atom. The van der Waals surface area contributed by atoms with Gasteiger partial charge in [-0.25, -0.2) is 0 Å². The van der Waals surface area contributed by atoms with Crippen molar-refractivity contribution >= 4 is 41.3 Å². The Morgan fingerprint density at radius 3 is 2.41 bits per heavy atom. The van der Waals surface area contributed by atoms with Gasteiger partial charge in [-0.2, -0.15) is 0 Å². The number of nitrogens with zero attached hydrogens (tertiary/aromatic N) is 1. The lowest BCUT2D eigenvalue weighted by molar-refractivity contribution is -0.123. The first kappa shape index (κ1) is 25.2. The molecule has 9 heteroatoms. The molecule has 1 aromatic heterocycles. The number of carbonyl (C=O) groups excluding carboxylic acids is 1. The van der Waals surface area contributed by atoms with Crippen molar-refractivity contribution in [3.63, 3.8) is 0 Å². The van der Waals surface area contributed by atoms with Crippen LogP contribution in [-0.4, -0.2) is 38.8 Å². The minimum atomic E-state index is -0.303. The van der Waals surface area contributed by atoms with Gasteiger partial charge in [-0.3, -0.25) is 9.78 Å². The number of ether oxygens (including phenoxy) is 4. The summed E-state index contributed by atoms with van der Waals surface area (Å²) >= 11 is 12.4. The molecule has 0 unspecified atom stereocenters. The third kappa shape index (κ3) is 6.34. The van der Waals surface area contributed by atoms with E-state index in [9.17, 15) is 4.79 Å². The number of amides is 1. The first-order valence-corrected chi connectivity index (χ1v) is 11.0. The van der Waals surface area contributed by atoms with Crippen LogP contribution in [-0.2, 0) is 11.3 Å². The first-order valence-electron chi connectivity index (χ1n) is 10.2. The van der Waals surface area contributed by atoms with Crippen LogP contribution in [0.15, 0.2) is 48.8 Å². The van der Waals surface area contributed by atoms with Crippen LogP contribution in [0.5, 0.6) is 23.0 Å². The predicted octanol–water partition coefficient (Wildman–Crippen LogP) is 5.28. The van der Waals surface area contributed by atoms with Crippen molar-refractivity contribution in [2.45, 2.75) is 6.54 Å². The summed E-state index contributed by atoms with van der Waals surface area (Å²) in [5.41, 5.74) is 2.15. The van der Waals surface area contributed by atoms with Crippen LogP contribution in [0.25, 0.3) is 12.2 Å². The van der Waals surface area contributed by atoms with Crippen molar-refractivity contribution < 1.29 is 23.7 Å². The molecule has 3 rings (SSSR count). The lowest BCUT2D eigenvalue weighted by Gasteiger charge is -2.16. The zero-order valence-electron chi connectivity index (χ0n) is 18.9. The first-order chi connectivity index (χ1) is 16.5. The molecular formula is C25H24Cl2N2O5. The maximum Gasteiger partial charge on any atom is 0.258 e. The van der Waals surface area contributed by atoms with E-state index in [-0.39, 0.29) is 12.5 Å². The molecule has 178 valence electrons. The second-order valence-electron chi connectivity index (χ2n) is 6.99. The standard InChI is InChI=1S/C25H24Cl2N2O5/c1-31-18-6-4-5-16(11-18)12-29-23(30)15-34-24-17(8-10-22(32-2)25(24)33-3)7-9-19-20(26)13-28-14-21(19)27/h4-11,13-14H,12,15H2,1-3H3,(H,29,30). The Labute approximate surface area is 208 Å². The summed E-state index contributed by atoms with van der Waals surface area (Å²) in [6.45, 7) is 0.103. The second kappa shape index (κ2) is 12.2. The molecule has 0 aliphatic rings. The summed E-state index contributed by atoms with van der Waals surface area (Å²) in [5, 5.41) is 3.64. The van der Waals surface area contributed by atoms with Crippen LogP contribution in [0.4, 0.5) is 0 Å². The summed E-state index contributed by atoms with van der Waals surface area (Å²) in [6, 6.07) is 11.0. The summed E-state index contributed by atoms with van der Waals surface area (Å²) in [6.07, 6.45) is 6.51. The number of aromatic nitrogens is 1. The minimum absolute atomic E-state index is 0.231. The normalized spacial score (nSPS) is 10.7. The third-order valence-electron chi connectivity index (χ3n) is 4.82. The molecule has 1 heterocycles. The Bertz CT molecular complexity index is 1160. The highest BCUT2D eigenvalue weighted by Crippen LogP contribution is 2.41. The second-order valence-corrected chi connectivity index (χ2v) is 7.80. The monoisotopic (exact) mass is 502 g/mol. The highest BCUT2D eigenvalue weighted by Gasteiger charge is 2.17. The number of benzene rings is 2. The van der Waals surface area contributed by atoms with Crippen molar-refractivity contribution in [3.05, 3.63) is 75.5 Å². The van der Waals surface area contributed by atoms with E-state index in [1.165, 1.54) is 26.6 Å². The smallest absolute Gasteiger partial charge is 0.258 e. The molecule has 0 radical (unpaired) electrons. The topological polar surface area (TPSA) is 78.9 Å². The van der Waals surface area contributed by atoms with Gasteiger partial charge in [0.1, 0.15) is 5.75 Å². The molecule has 0 aliphatic carbocycles. The molecule has 0 fully saturated rings. The zero-order chi connectivity index (χ0) is 24.5. The number of rotatable bonds is 10. The van der Waals surface area contributed by atoms with Gasteiger partial charge in [-0.1, -0.05) is 47.5 Å². The van der Waals surface area contributed by atoms with E-state index in [1.807, 2.05) is 24.3 Å². The molecule has 1 N–H and O–H groups in total. The number of nitrogens with one attached hydrogen (secondary N) is 1. The van der Waals surface area contributed by atoms with Crippen molar-refractivity contribution in [3.8, 4) is 23.0 Å². The van der Waals surface area contributed by atoms with E-state index < -0.39 is 0 Å². The van der Waals surface area contributed by atoms with Crippen LogP contribution in [0.2, 0.25) is 10.0 Å². The fourth-order valence-corrected chi connectivity index (χ4v) is 3.61. The average molecular weight is 503 g/mol. The number of hydrogen-bond acceptors (Lipinski definition) is 6. The van der Waals surface area contributed by atoms with Crippen LogP contribution in [0, 0.1) is 0 Å². The van der Waals surface area contributed by atoms with Crippen molar-refractivity contribution in [2.75, 3.05) is 27.9 Å². The Morgan fingerprint density at radius 2 is 1.74 bits per heavy atom. The van der Waals surface area contributed by atoms with Gasteiger partial charge < -0.3 is 24.3 Å². The third-order valence-corrected chi connectivity index (χ3v) is 5.42. The molecule has 0 bridgehead atoms. The highest BCUT2D eigenvalue weighted by atomic mass is 35.5. The van der Waals surface area contributed by atoms with Gasteiger partial charge in [0.2, 0.25) is 5.75 Å². The van der Waals surface area contributed by atoms with E-state index in [1.54, 1.807) is 31.4 Å². The maximum absolute atomic E-state index is 12.5. The molecule has 1 amide bonds. The maximum atomic E-state index is 12.5. The van der Waals surface area contributed by atoms with Crippen molar-refractivity contribution in [1.29, 1.82) is 0 Å². The molecule has 2 aromatic carbocycles. The SMILES string of the molecule is COc1cccc(CNC(=O)COc2c(C=Cc3c(Cl)cncc3Cl)ccc(OC)c2OC)c1. The largest absolute Gasteiger partial charge is 0.497 e. The summed E-state index contributed by atoms with van der Waals surface area (Å²) in [7, 11) is 4.61. The van der Waals surface area contributed by atoms with Gasteiger partial charge in [0.25, 0.3) is 5.91 Å². The van der Waals surface area contributed by atoms with E-state index in [0.717, 1.165) is 11.3 Å². The van der Waals surface area contributed by atoms with E-state index in [2.05, 4.69) is 10.3 Å². The van der Waals surface area contributed by atoms with Gasteiger partial charge in [0.05, 0.1) is 31.4 Å². The Balaban J connectivity index is 1.78. The van der Waals surface area contributed by atoms with Gasteiger partial charge in [0, 0.05) is 30.1 Å². The minimum Gasteiger partial charge on any atom is -0.497 e. The van der Waals surface area contributed by atoms with E-state index >= 15 is 0 Å². The van der Waals surface area contributed by atoms with E-state index in [4.69, 9.17) is 42.1 Å². The van der Waals surface area contributed by atoms with Crippen LogP contribution >= 0.6 is 23.2 Å². The predicted molar refractivity (Wildman–Crippen MR) is 133 cm³/mol. The van der Waals surface area contributed by atoms with Crippen LogP contribution in [0.1, 0.15) is 16.7 Å². The molecular weight excluding hydrogens is 479 g/mol. The summed E-state index contributed by atoms with van der Waals surface area (Å²) < 4.78 is 22.0. The summed E-state index contributed by atoms with van der Waals surface area (Å²) in [5.74, 6) is 1.58. The summed E-state index contributed by atoms with van der Waals surface area (Å²) in [4.78, 5) is 16.4. The fraction of sp³-hybridized carbons (Fsp3) is 0.200. The number of carbonyl (C=O) groups is 1. The molecule has 0 saturated carbocycles. The molecule has 0 saturated heterocycles. The number of methoxy groups -OCH3 is 3. The number of pyridine rings is 1. The van der Waals surface area contributed by atoms with Crippen molar-refractivity contribution in [2.24, 2.45) is 0 Å². The quantitative estimate of drug-likeness (QED) is 0.406. The lowest BCUT2D eigenvalue weighted by atomic mass is 10.1. The van der Waals surface area contributed by atoms with E-state index in [0.29, 0.717) is 45.0 Å². The zero-order valence-corrected chi connectivity index (χ0v) is 20.4. The van der Waals surface area contributed by atoms with Crippen LogP contribution < -0.4 is 24.3 Å². The number of halogens is 2. The molecule has 0 atom stereocenters. The Kier molecular flexibility index (Phi) is 9.01. The molecule has 3 aromatic rings. The molecule has 0 spiro atoms. The van der Waals surface area contributed by atoms with Crippen molar-refractivity contribution in [1.82, 2.24) is 10.3 Å². The van der Waals surface area contributed by atoms with Gasteiger partial charge in [-0.15, -0.1) is 0 Å². The fourth-order valence-electron chi connectivity index (χ4n) is 3.12. The Hall–Kier alpha value is -3.42. The lowest BCUT2D eigenvalue weighted by Crippen LogP contribution is -2.28. The van der Waals surface area contributed by atoms with Crippen LogP contribution in [0.3, 0.4) is 0 Å². The van der Waals surface area contributed by atoms with Gasteiger partial charge in [0.15, 0.2) is 18.1 Å². The average Bonchev–Trinajstić information content (AvgIpc) is 2.85. The molecule has 34 heavy (non-hydrogen) atoms. The molecule has 0 aliphatic heterocycles. The van der Waals surface area contributed by atoms with Gasteiger partial charge >= 0.3 is 0 Å². The molecule has 7 nitrogen and oxygen atoms in total. The highest BCUT2D eigenvalue weighted by molar-refractivity contribution is 6.37.